The average molecular weight is 630 g/mol. The van der Waals surface area contributed by atoms with Crippen molar-refractivity contribution >= 4 is 0 Å². The van der Waals surface area contributed by atoms with Crippen molar-refractivity contribution in [1.29, 1.82) is 0 Å². The van der Waals surface area contributed by atoms with Crippen LogP contribution in [0.3, 0.4) is 0 Å². The Labute approximate surface area is 191 Å². The van der Waals surface area contributed by atoms with Crippen LogP contribution in [0.15, 0.2) is 0 Å². The van der Waals surface area contributed by atoms with Gasteiger partial charge in [-0.15, -0.1) is 0 Å². The summed E-state index contributed by atoms with van der Waals surface area (Å²) in [4.78, 5) is 0. The lowest BCUT2D eigenvalue weighted by molar-refractivity contribution is -0.476. The van der Waals surface area contributed by atoms with Crippen LogP contribution in [0.1, 0.15) is 13.3 Å². The molecule has 0 saturated heterocycles. The first kappa shape index (κ1) is 36.3. The van der Waals surface area contributed by atoms with E-state index in [1.54, 1.807) is 0 Å². The lowest BCUT2D eigenvalue weighted by Gasteiger charge is -2.45. The monoisotopic (exact) mass is 630 g/mol. The van der Waals surface area contributed by atoms with Gasteiger partial charge in [-0.05, 0) is 0 Å². The molecule has 0 aromatic rings. The molecule has 0 fully saturated rings. The normalized spacial score (nSPS) is 16.9. The highest BCUT2D eigenvalue weighted by Gasteiger charge is 2.98. The van der Waals surface area contributed by atoms with Crippen molar-refractivity contribution in [2.24, 2.45) is 0 Å². The van der Waals surface area contributed by atoms with Crippen molar-refractivity contribution in [3.05, 3.63) is 0 Å². The van der Waals surface area contributed by atoms with Gasteiger partial charge in [-0.3, -0.25) is 0 Å². The lowest BCUT2D eigenvalue weighted by atomic mass is 9.84. The summed E-state index contributed by atoms with van der Waals surface area (Å²) >= 11 is 0. The molecule has 0 aromatic carbocycles. The summed E-state index contributed by atoms with van der Waals surface area (Å²) in [7, 11) is 0. The fraction of sp³-hybridized carbons (Fsp3) is 1.00. The van der Waals surface area contributed by atoms with Gasteiger partial charge in [-0.25, -0.2) is 8.78 Å². The Balaban J connectivity index is 7.25. The quantitative estimate of drug-likeness (QED) is 0.190. The van der Waals surface area contributed by atoms with Crippen LogP contribution in [0.25, 0.3) is 0 Å². The molecule has 230 valence electrons. The van der Waals surface area contributed by atoms with Gasteiger partial charge < -0.3 is 0 Å². The van der Waals surface area contributed by atoms with Crippen molar-refractivity contribution in [2.75, 3.05) is 0 Å². The van der Waals surface area contributed by atoms with Crippen LogP contribution in [0.4, 0.5) is 105 Å². The molecule has 0 atom stereocenters. The zero-order chi connectivity index (χ0) is 31.8. The maximum atomic E-state index is 13.5. The van der Waals surface area contributed by atoms with Crippen molar-refractivity contribution in [1.82, 2.24) is 0 Å². The van der Waals surface area contributed by atoms with Crippen molar-refractivity contribution in [3.8, 4) is 0 Å². The van der Waals surface area contributed by atoms with Crippen LogP contribution in [-0.4, -0.2) is 71.6 Å². The van der Waals surface area contributed by atoms with E-state index in [2.05, 4.69) is 0 Å². The highest BCUT2D eigenvalue weighted by atomic mass is 19.4. The minimum Gasteiger partial charge on any atom is -0.203 e. The summed E-state index contributed by atoms with van der Waals surface area (Å²) < 4.78 is 315. The van der Waals surface area contributed by atoms with Gasteiger partial charge >= 0.3 is 71.6 Å². The third kappa shape index (κ3) is 4.02. The summed E-state index contributed by atoms with van der Waals surface area (Å²) in [5.74, 6) is -95.4. The van der Waals surface area contributed by atoms with Gasteiger partial charge in [0, 0.05) is 6.42 Å². The first-order valence-corrected chi connectivity index (χ1v) is 8.44. The predicted molar refractivity (Wildman–Crippen MR) is 70.7 cm³/mol. The number of alkyl halides is 24. The van der Waals surface area contributed by atoms with E-state index < -0.39 is 78.0 Å². The standard InChI is InChI=1S/C14H6F24/c1-2-4(17,18)6(21,22)8(25,26)10(29,30)12(33,34)14(37,38)13(35,36)11(31,32)9(27,28)7(23,24)5(19,20)3(15)16/h3H,2H2,1H3. The summed E-state index contributed by atoms with van der Waals surface area (Å²) in [5.41, 5.74) is 0. The van der Waals surface area contributed by atoms with E-state index in [1.165, 1.54) is 0 Å². The van der Waals surface area contributed by atoms with E-state index >= 15 is 0 Å². The molecule has 0 bridgehead atoms. The zero-order valence-electron chi connectivity index (χ0n) is 16.9. The molecule has 0 heterocycles. The Morgan fingerprint density at radius 1 is 0.342 bits per heavy atom. The van der Waals surface area contributed by atoms with Crippen LogP contribution in [0.5, 0.6) is 0 Å². The molecule has 0 aliphatic carbocycles. The molecule has 0 saturated carbocycles. The van der Waals surface area contributed by atoms with Gasteiger partial charge in [-0.1, -0.05) is 6.92 Å². The van der Waals surface area contributed by atoms with Crippen molar-refractivity contribution < 1.29 is 105 Å². The van der Waals surface area contributed by atoms with Crippen molar-refractivity contribution in [2.45, 2.75) is 84.9 Å². The average Bonchev–Trinajstić information content (AvgIpc) is 2.71. The minimum absolute atomic E-state index is 0.263. The van der Waals surface area contributed by atoms with Gasteiger partial charge in [-0.2, -0.15) is 96.6 Å². The Morgan fingerprint density at radius 2 is 0.526 bits per heavy atom. The second-order valence-corrected chi connectivity index (χ2v) is 7.15. The molecule has 0 amide bonds. The maximum Gasteiger partial charge on any atom is 0.385 e. The fourth-order valence-electron chi connectivity index (χ4n) is 2.18. The largest absolute Gasteiger partial charge is 0.385 e. The fourth-order valence-corrected chi connectivity index (χ4v) is 2.18. The minimum atomic E-state index is -9.42. The molecule has 0 aromatic heterocycles. The molecule has 38 heavy (non-hydrogen) atoms. The number of hydrogen-bond donors (Lipinski definition) is 0. The van der Waals surface area contributed by atoms with Gasteiger partial charge in [0.25, 0.3) is 0 Å². The van der Waals surface area contributed by atoms with Crippen LogP contribution < -0.4 is 0 Å². The van der Waals surface area contributed by atoms with E-state index in [1.807, 2.05) is 0 Å². The van der Waals surface area contributed by atoms with Gasteiger partial charge in [0.05, 0.1) is 0 Å². The first-order chi connectivity index (χ1) is 16.0. The highest BCUT2D eigenvalue weighted by molar-refractivity contribution is 5.19. The molecule has 0 aliphatic heterocycles. The molecule has 0 radical (unpaired) electrons. The zero-order valence-corrected chi connectivity index (χ0v) is 16.9. The third-order valence-electron chi connectivity index (χ3n) is 4.75. The Bertz CT molecular complexity index is 848. The topological polar surface area (TPSA) is 0 Å². The lowest BCUT2D eigenvalue weighted by Crippen LogP contribution is -2.78. The Morgan fingerprint density at radius 3 is 0.711 bits per heavy atom. The van der Waals surface area contributed by atoms with E-state index in [4.69, 9.17) is 0 Å². The van der Waals surface area contributed by atoms with Gasteiger partial charge in [0.1, 0.15) is 0 Å². The molecule has 0 unspecified atom stereocenters. The van der Waals surface area contributed by atoms with E-state index in [-0.39, 0.29) is 6.92 Å². The van der Waals surface area contributed by atoms with Crippen LogP contribution in [-0.2, 0) is 0 Å². The van der Waals surface area contributed by atoms with E-state index in [0.717, 1.165) is 0 Å². The number of rotatable bonds is 12. The van der Waals surface area contributed by atoms with Crippen molar-refractivity contribution in [3.63, 3.8) is 0 Å². The Kier molecular flexibility index (Phi) is 8.52. The van der Waals surface area contributed by atoms with Crippen LogP contribution in [0, 0.1) is 0 Å². The van der Waals surface area contributed by atoms with Crippen LogP contribution >= 0.6 is 0 Å². The third-order valence-corrected chi connectivity index (χ3v) is 4.75. The summed E-state index contributed by atoms with van der Waals surface area (Å²) in [6.07, 6.45) is -8.96. The number of halogens is 24. The summed E-state index contributed by atoms with van der Waals surface area (Å²) in [6.45, 7) is -0.263. The second kappa shape index (κ2) is 8.91. The summed E-state index contributed by atoms with van der Waals surface area (Å²) in [6, 6.07) is 0. The smallest absolute Gasteiger partial charge is 0.203 e. The maximum absolute atomic E-state index is 13.5. The molecule has 0 spiro atoms. The molecule has 0 N–H and O–H groups in total. The molecule has 0 rings (SSSR count). The molecular formula is C14H6F24. The second-order valence-electron chi connectivity index (χ2n) is 7.15. The molecule has 0 aliphatic rings. The Hall–Kier alpha value is -1.68. The first-order valence-electron chi connectivity index (χ1n) is 8.44. The molecule has 24 heteroatoms. The van der Waals surface area contributed by atoms with E-state index in [9.17, 15) is 105 Å². The molecule has 0 nitrogen and oxygen atoms in total. The van der Waals surface area contributed by atoms with Crippen LogP contribution in [0.2, 0.25) is 0 Å². The highest BCUT2D eigenvalue weighted by Crippen LogP contribution is 2.67. The SMILES string of the molecule is CCC(F)(F)C(F)(F)C(F)(F)C(F)(F)C(F)(F)C(F)(F)C(F)(F)C(F)(F)C(F)(F)C(F)(F)C(F)(F)C(F)F. The van der Waals surface area contributed by atoms with Gasteiger partial charge in [0.2, 0.25) is 0 Å². The van der Waals surface area contributed by atoms with E-state index in [0.29, 0.717) is 0 Å². The summed E-state index contributed by atoms with van der Waals surface area (Å²) in [5, 5.41) is 0. The predicted octanol–water partition coefficient (Wildman–Crippen LogP) is 8.65. The molecular weight excluding hydrogens is 624 g/mol. The van der Waals surface area contributed by atoms with Gasteiger partial charge in [0.15, 0.2) is 0 Å². The number of hydrogen-bond acceptors (Lipinski definition) is 0.